The van der Waals surface area contributed by atoms with Crippen LogP contribution in [0.1, 0.15) is 21.7 Å². The van der Waals surface area contributed by atoms with E-state index in [4.69, 9.17) is 10.5 Å². The van der Waals surface area contributed by atoms with Gasteiger partial charge in [-0.25, -0.2) is 4.68 Å². The Morgan fingerprint density at radius 2 is 2.00 bits per heavy atom. The molecule has 2 N–H and O–H groups in total. The first kappa shape index (κ1) is 15.7. The number of pyridine rings is 1. The van der Waals surface area contributed by atoms with Crippen molar-refractivity contribution in [2.45, 2.75) is 13.8 Å². The second-order valence-corrected chi connectivity index (χ2v) is 5.49. The van der Waals surface area contributed by atoms with Gasteiger partial charge in [-0.05, 0) is 44.2 Å². The summed E-state index contributed by atoms with van der Waals surface area (Å²) in [4.78, 5) is 16.1. The number of rotatable bonds is 4. The molecule has 0 aliphatic rings. The van der Waals surface area contributed by atoms with Crippen molar-refractivity contribution in [3.8, 4) is 22.7 Å². The highest BCUT2D eigenvalue weighted by molar-refractivity contribution is 5.99. The lowest BCUT2D eigenvalue weighted by atomic mass is 10.0. The van der Waals surface area contributed by atoms with E-state index in [1.165, 1.54) is 0 Å². The second kappa shape index (κ2) is 6.16. The van der Waals surface area contributed by atoms with Crippen LogP contribution in [0.4, 0.5) is 0 Å². The van der Waals surface area contributed by atoms with Crippen molar-refractivity contribution in [1.82, 2.24) is 14.8 Å². The molecule has 0 fully saturated rings. The molecular formula is C18H18N4O2. The Labute approximate surface area is 139 Å². The standard InChI is InChI=1S/C18H18N4O2/c1-11-9-12(2)22(21-11)16-10-13(24-3)6-7-14(16)17-15(18(19)23)5-4-8-20-17/h4-10H,1-3H3,(H2,19,23). The predicted octanol–water partition coefficient (Wildman–Crippen LogP) is 2.66. The fourth-order valence-electron chi connectivity index (χ4n) is 2.71. The van der Waals surface area contributed by atoms with Crippen LogP contribution in [-0.4, -0.2) is 27.8 Å². The molecule has 3 aromatic rings. The Morgan fingerprint density at radius 1 is 1.21 bits per heavy atom. The van der Waals surface area contributed by atoms with Crippen molar-refractivity contribution < 1.29 is 9.53 Å². The third-order valence-electron chi connectivity index (χ3n) is 3.77. The number of methoxy groups -OCH3 is 1. The fourth-order valence-corrected chi connectivity index (χ4v) is 2.71. The molecule has 0 spiro atoms. The average Bonchev–Trinajstić information content (AvgIpc) is 2.92. The molecule has 1 amide bonds. The molecule has 0 aliphatic carbocycles. The zero-order valence-electron chi connectivity index (χ0n) is 13.8. The van der Waals surface area contributed by atoms with E-state index in [9.17, 15) is 4.79 Å². The monoisotopic (exact) mass is 322 g/mol. The van der Waals surface area contributed by atoms with Crippen LogP contribution >= 0.6 is 0 Å². The summed E-state index contributed by atoms with van der Waals surface area (Å²) in [7, 11) is 1.61. The molecular weight excluding hydrogens is 304 g/mol. The number of nitrogens with two attached hydrogens (primary N) is 1. The normalized spacial score (nSPS) is 10.6. The van der Waals surface area contributed by atoms with Gasteiger partial charge in [-0.1, -0.05) is 0 Å². The molecule has 0 radical (unpaired) electrons. The maximum Gasteiger partial charge on any atom is 0.250 e. The first-order chi connectivity index (χ1) is 11.5. The molecule has 0 saturated carbocycles. The maximum absolute atomic E-state index is 11.8. The van der Waals surface area contributed by atoms with E-state index in [-0.39, 0.29) is 0 Å². The fraction of sp³-hybridized carbons (Fsp3) is 0.167. The van der Waals surface area contributed by atoms with Crippen molar-refractivity contribution in [2.75, 3.05) is 7.11 Å². The number of amides is 1. The van der Waals surface area contributed by atoms with Crippen LogP contribution in [0, 0.1) is 13.8 Å². The molecule has 0 bridgehead atoms. The zero-order chi connectivity index (χ0) is 17.3. The summed E-state index contributed by atoms with van der Waals surface area (Å²) in [6.07, 6.45) is 1.64. The number of ether oxygens (including phenoxy) is 1. The smallest absolute Gasteiger partial charge is 0.250 e. The van der Waals surface area contributed by atoms with Crippen LogP contribution in [-0.2, 0) is 0 Å². The number of carbonyl (C=O) groups excluding carboxylic acids is 1. The number of carbonyl (C=O) groups is 1. The number of hydrogen-bond donors (Lipinski definition) is 1. The minimum absolute atomic E-state index is 0.366. The van der Waals surface area contributed by atoms with Crippen molar-refractivity contribution >= 4 is 5.91 Å². The molecule has 0 atom stereocenters. The van der Waals surface area contributed by atoms with Gasteiger partial charge < -0.3 is 10.5 Å². The lowest BCUT2D eigenvalue weighted by Crippen LogP contribution is -2.14. The van der Waals surface area contributed by atoms with E-state index in [2.05, 4.69) is 10.1 Å². The van der Waals surface area contributed by atoms with Gasteiger partial charge >= 0.3 is 0 Å². The third kappa shape index (κ3) is 2.74. The summed E-state index contributed by atoms with van der Waals surface area (Å²) in [5.41, 5.74) is 9.80. The molecule has 0 unspecified atom stereocenters. The van der Waals surface area contributed by atoms with Crippen molar-refractivity contribution in [1.29, 1.82) is 0 Å². The Hall–Kier alpha value is -3.15. The van der Waals surface area contributed by atoms with Gasteiger partial charge in [0, 0.05) is 23.5 Å². The lowest BCUT2D eigenvalue weighted by Gasteiger charge is -2.14. The number of aromatic nitrogens is 3. The molecule has 6 nitrogen and oxygen atoms in total. The van der Waals surface area contributed by atoms with Gasteiger partial charge in [0.25, 0.3) is 5.91 Å². The van der Waals surface area contributed by atoms with E-state index < -0.39 is 5.91 Å². The second-order valence-electron chi connectivity index (χ2n) is 5.49. The van der Waals surface area contributed by atoms with Crippen molar-refractivity contribution in [3.05, 3.63) is 59.5 Å². The molecule has 1 aromatic carbocycles. The summed E-state index contributed by atoms with van der Waals surface area (Å²) in [6.45, 7) is 3.90. The highest BCUT2D eigenvalue weighted by atomic mass is 16.5. The largest absolute Gasteiger partial charge is 0.497 e. The Kier molecular flexibility index (Phi) is 4.04. The highest BCUT2D eigenvalue weighted by Crippen LogP contribution is 2.31. The van der Waals surface area contributed by atoms with E-state index >= 15 is 0 Å². The van der Waals surface area contributed by atoms with Crippen molar-refractivity contribution in [2.24, 2.45) is 5.73 Å². The molecule has 24 heavy (non-hydrogen) atoms. The van der Waals surface area contributed by atoms with Gasteiger partial charge in [0.1, 0.15) is 5.75 Å². The minimum atomic E-state index is -0.520. The summed E-state index contributed by atoms with van der Waals surface area (Å²) in [5.74, 6) is 0.172. The van der Waals surface area contributed by atoms with Crippen LogP contribution in [0.2, 0.25) is 0 Å². The van der Waals surface area contributed by atoms with Gasteiger partial charge in [0.2, 0.25) is 0 Å². The van der Waals surface area contributed by atoms with Gasteiger partial charge in [-0.2, -0.15) is 5.10 Å². The van der Waals surface area contributed by atoms with E-state index in [1.807, 2.05) is 42.8 Å². The van der Waals surface area contributed by atoms with Gasteiger partial charge in [-0.3, -0.25) is 9.78 Å². The molecule has 0 aliphatic heterocycles. The Morgan fingerprint density at radius 3 is 2.62 bits per heavy atom. The lowest BCUT2D eigenvalue weighted by molar-refractivity contribution is 0.100. The highest BCUT2D eigenvalue weighted by Gasteiger charge is 2.17. The summed E-state index contributed by atoms with van der Waals surface area (Å²) in [5, 5.41) is 4.53. The van der Waals surface area contributed by atoms with Crippen LogP contribution in [0.15, 0.2) is 42.6 Å². The van der Waals surface area contributed by atoms with Crippen LogP contribution in [0.3, 0.4) is 0 Å². The number of primary amides is 1. The third-order valence-corrected chi connectivity index (χ3v) is 3.77. The van der Waals surface area contributed by atoms with Crippen LogP contribution in [0.5, 0.6) is 5.75 Å². The molecule has 2 aromatic heterocycles. The molecule has 6 heteroatoms. The minimum Gasteiger partial charge on any atom is -0.497 e. The quantitative estimate of drug-likeness (QED) is 0.800. The molecule has 122 valence electrons. The van der Waals surface area contributed by atoms with E-state index in [0.717, 1.165) is 22.6 Å². The van der Waals surface area contributed by atoms with Gasteiger partial charge in [0.15, 0.2) is 0 Å². The first-order valence-electron chi connectivity index (χ1n) is 7.48. The molecule has 3 rings (SSSR count). The Bertz CT molecular complexity index is 915. The average molecular weight is 322 g/mol. The van der Waals surface area contributed by atoms with Gasteiger partial charge in [0.05, 0.1) is 29.7 Å². The van der Waals surface area contributed by atoms with Crippen LogP contribution in [0.25, 0.3) is 16.9 Å². The maximum atomic E-state index is 11.8. The summed E-state index contributed by atoms with van der Waals surface area (Å²) >= 11 is 0. The number of benzene rings is 1. The van der Waals surface area contributed by atoms with Crippen LogP contribution < -0.4 is 10.5 Å². The Balaban J connectivity index is 2.30. The summed E-state index contributed by atoms with van der Waals surface area (Å²) in [6, 6.07) is 10.9. The molecule has 2 heterocycles. The predicted molar refractivity (Wildman–Crippen MR) is 91.3 cm³/mol. The van der Waals surface area contributed by atoms with E-state index in [1.54, 1.807) is 25.4 Å². The topological polar surface area (TPSA) is 83.0 Å². The van der Waals surface area contributed by atoms with E-state index in [0.29, 0.717) is 17.0 Å². The number of hydrogen-bond acceptors (Lipinski definition) is 4. The SMILES string of the molecule is COc1ccc(-c2ncccc2C(N)=O)c(-n2nc(C)cc2C)c1. The van der Waals surface area contributed by atoms with Crippen molar-refractivity contribution in [3.63, 3.8) is 0 Å². The number of nitrogens with zero attached hydrogens (tertiary/aromatic N) is 3. The number of aryl methyl sites for hydroxylation is 2. The van der Waals surface area contributed by atoms with Gasteiger partial charge in [-0.15, -0.1) is 0 Å². The first-order valence-corrected chi connectivity index (χ1v) is 7.48. The summed E-state index contributed by atoms with van der Waals surface area (Å²) < 4.78 is 7.15. The molecule has 0 saturated heterocycles. The zero-order valence-corrected chi connectivity index (χ0v) is 13.8.